The fourth-order valence-corrected chi connectivity index (χ4v) is 4.88. The third kappa shape index (κ3) is 4.21. The van der Waals surface area contributed by atoms with Crippen LogP contribution in [0.5, 0.6) is 0 Å². The van der Waals surface area contributed by atoms with Gasteiger partial charge >= 0.3 is 0 Å². The van der Waals surface area contributed by atoms with Crippen LogP contribution in [0.25, 0.3) is 11.0 Å². The highest BCUT2D eigenvalue weighted by atomic mass is 16.2. The van der Waals surface area contributed by atoms with Crippen molar-refractivity contribution >= 4 is 22.8 Å². The van der Waals surface area contributed by atoms with E-state index < -0.39 is 0 Å². The highest BCUT2D eigenvalue weighted by Gasteiger charge is 2.32. The van der Waals surface area contributed by atoms with E-state index in [9.17, 15) is 9.59 Å². The number of rotatable bonds is 4. The molecule has 0 unspecified atom stereocenters. The van der Waals surface area contributed by atoms with Crippen LogP contribution in [0.1, 0.15) is 45.5 Å². The minimum Gasteiger partial charge on any atom is -0.339 e. The first-order valence-corrected chi connectivity index (χ1v) is 11.2. The Morgan fingerprint density at radius 1 is 1.07 bits per heavy atom. The second kappa shape index (κ2) is 8.76. The molecule has 0 N–H and O–H groups in total. The van der Waals surface area contributed by atoms with E-state index in [0.29, 0.717) is 32.2 Å². The maximum absolute atomic E-state index is 13.1. The lowest BCUT2D eigenvalue weighted by Crippen LogP contribution is -2.53. The van der Waals surface area contributed by atoms with Gasteiger partial charge in [-0.1, -0.05) is 12.1 Å². The van der Waals surface area contributed by atoms with Gasteiger partial charge in [0.25, 0.3) is 0 Å². The summed E-state index contributed by atoms with van der Waals surface area (Å²) < 4.78 is 2.32. The molecule has 1 atom stereocenters. The van der Waals surface area contributed by atoms with E-state index in [2.05, 4.69) is 41.5 Å². The van der Waals surface area contributed by atoms with Crippen molar-refractivity contribution in [1.82, 2.24) is 24.3 Å². The zero-order valence-electron chi connectivity index (χ0n) is 18.4. The number of piperidine rings is 1. The van der Waals surface area contributed by atoms with Gasteiger partial charge < -0.3 is 14.4 Å². The standard InChI is InChI=1S/C23H33N5O2/c1-17(2)28-21-9-5-4-8-20(21)24-22(28)16-25-10-6-7-19(15-25)23(30)27-13-11-26(12-14-27)18(3)29/h4-5,8-9,17,19H,6-7,10-16H2,1-3H3/t19-/m0/s1. The van der Waals surface area contributed by atoms with Crippen LogP contribution in [-0.4, -0.2) is 75.3 Å². The van der Waals surface area contributed by atoms with Gasteiger partial charge in [-0.3, -0.25) is 14.5 Å². The van der Waals surface area contributed by atoms with Crippen LogP contribution in [0.15, 0.2) is 24.3 Å². The van der Waals surface area contributed by atoms with E-state index in [0.717, 1.165) is 43.8 Å². The molecule has 0 radical (unpaired) electrons. The Kier molecular flexibility index (Phi) is 6.09. The summed E-state index contributed by atoms with van der Waals surface area (Å²) in [5, 5.41) is 0. The summed E-state index contributed by atoms with van der Waals surface area (Å²) >= 11 is 0. The number of imidazole rings is 1. The monoisotopic (exact) mass is 411 g/mol. The quantitative estimate of drug-likeness (QED) is 0.776. The summed E-state index contributed by atoms with van der Waals surface area (Å²) in [7, 11) is 0. The predicted octanol–water partition coefficient (Wildman–Crippen LogP) is 2.52. The average Bonchev–Trinajstić information content (AvgIpc) is 3.11. The lowest BCUT2D eigenvalue weighted by Gasteiger charge is -2.38. The number of hydrogen-bond donors (Lipinski definition) is 0. The van der Waals surface area contributed by atoms with Crippen molar-refractivity contribution < 1.29 is 9.59 Å². The molecule has 0 saturated carbocycles. The van der Waals surface area contributed by atoms with Gasteiger partial charge in [-0.15, -0.1) is 0 Å². The molecule has 2 aliphatic rings. The molecule has 0 bridgehead atoms. The molecule has 30 heavy (non-hydrogen) atoms. The lowest BCUT2D eigenvalue weighted by atomic mass is 9.96. The third-order valence-electron chi connectivity index (χ3n) is 6.44. The molecule has 162 valence electrons. The summed E-state index contributed by atoms with van der Waals surface area (Å²) in [6, 6.07) is 8.64. The molecule has 2 saturated heterocycles. The number of aromatic nitrogens is 2. The van der Waals surface area contributed by atoms with Crippen LogP contribution in [0.2, 0.25) is 0 Å². The first kappa shape index (κ1) is 20.8. The van der Waals surface area contributed by atoms with Gasteiger partial charge in [0.15, 0.2) is 0 Å². The number of fused-ring (bicyclic) bond motifs is 1. The molecule has 2 aromatic rings. The molecule has 2 amide bonds. The predicted molar refractivity (Wildman–Crippen MR) is 117 cm³/mol. The van der Waals surface area contributed by atoms with Crippen LogP contribution < -0.4 is 0 Å². The Bertz CT molecular complexity index is 913. The van der Waals surface area contributed by atoms with Gasteiger partial charge in [0.05, 0.1) is 23.5 Å². The number of hydrogen-bond acceptors (Lipinski definition) is 4. The van der Waals surface area contributed by atoms with Crippen molar-refractivity contribution in [2.24, 2.45) is 5.92 Å². The Morgan fingerprint density at radius 2 is 1.77 bits per heavy atom. The van der Waals surface area contributed by atoms with Crippen LogP contribution >= 0.6 is 0 Å². The number of nitrogens with zero attached hydrogens (tertiary/aromatic N) is 5. The van der Waals surface area contributed by atoms with Crippen molar-refractivity contribution in [2.45, 2.75) is 46.2 Å². The summed E-state index contributed by atoms with van der Waals surface area (Å²) in [6.07, 6.45) is 1.98. The fourth-order valence-electron chi connectivity index (χ4n) is 4.88. The maximum Gasteiger partial charge on any atom is 0.227 e. The minimum atomic E-state index is 0.0412. The van der Waals surface area contributed by atoms with Crippen molar-refractivity contribution in [2.75, 3.05) is 39.3 Å². The molecular formula is C23H33N5O2. The third-order valence-corrected chi connectivity index (χ3v) is 6.44. The van der Waals surface area contributed by atoms with Crippen molar-refractivity contribution in [1.29, 1.82) is 0 Å². The highest BCUT2D eigenvalue weighted by molar-refractivity contribution is 5.80. The number of piperazine rings is 1. The van der Waals surface area contributed by atoms with E-state index in [1.807, 2.05) is 15.9 Å². The molecule has 4 rings (SSSR count). The first-order chi connectivity index (χ1) is 14.4. The van der Waals surface area contributed by atoms with Crippen LogP contribution in [0, 0.1) is 5.92 Å². The average molecular weight is 412 g/mol. The molecule has 2 fully saturated rings. The Hall–Kier alpha value is -2.41. The van der Waals surface area contributed by atoms with Gasteiger partial charge in [0.2, 0.25) is 11.8 Å². The minimum absolute atomic E-state index is 0.0412. The molecule has 2 aliphatic heterocycles. The Labute approximate surface area is 178 Å². The van der Waals surface area contributed by atoms with Gasteiger partial charge in [-0.25, -0.2) is 4.98 Å². The summed E-state index contributed by atoms with van der Waals surface area (Å²) in [6.45, 7) is 11.1. The SMILES string of the molecule is CC(=O)N1CCN(C(=O)[C@H]2CCCN(Cc3nc4ccccc4n3C(C)C)C2)CC1. The number of carbonyl (C=O) groups excluding carboxylic acids is 2. The van der Waals surface area contributed by atoms with E-state index in [4.69, 9.17) is 4.98 Å². The van der Waals surface area contributed by atoms with E-state index in [-0.39, 0.29) is 17.7 Å². The van der Waals surface area contributed by atoms with Crippen LogP contribution in [0.3, 0.4) is 0 Å². The normalized spacial score (nSPS) is 20.9. The lowest BCUT2D eigenvalue weighted by molar-refractivity contribution is -0.142. The van der Waals surface area contributed by atoms with Crippen molar-refractivity contribution in [3.63, 3.8) is 0 Å². The van der Waals surface area contributed by atoms with E-state index >= 15 is 0 Å². The van der Waals surface area contributed by atoms with Gasteiger partial charge in [0, 0.05) is 45.7 Å². The molecule has 7 heteroatoms. The number of para-hydroxylation sites is 2. The van der Waals surface area contributed by atoms with Crippen molar-refractivity contribution in [3.8, 4) is 0 Å². The molecular weight excluding hydrogens is 378 g/mol. The molecule has 0 aliphatic carbocycles. The number of likely N-dealkylation sites (tertiary alicyclic amines) is 1. The zero-order chi connectivity index (χ0) is 21.3. The molecule has 1 aromatic carbocycles. The Morgan fingerprint density at radius 3 is 2.47 bits per heavy atom. The van der Waals surface area contributed by atoms with E-state index in [1.165, 1.54) is 5.52 Å². The van der Waals surface area contributed by atoms with Crippen LogP contribution in [-0.2, 0) is 16.1 Å². The second-order valence-corrected chi connectivity index (χ2v) is 8.89. The first-order valence-electron chi connectivity index (χ1n) is 11.2. The molecule has 1 aromatic heterocycles. The summed E-state index contributed by atoms with van der Waals surface area (Å²) in [4.78, 5) is 35.7. The molecule has 3 heterocycles. The van der Waals surface area contributed by atoms with Crippen LogP contribution in [0.4, 0.5) is 0 Å². The summed E-state index contributed by atoms with van der Waals surface area (Å²) in [5.74, 6) is 1.47. The number of benzene rings is 1. The maximum atomic E-state index is 13.1. The van der Waals surface area contributed by atoms with Gasteiger partial charge in [-0.2, -0.15) is 0 Å². The highest BCUT2D eigenvalue weighted by Crippen LogP contribution is 2.25. The van der Waals surface area contributed by atoms with Gasteiger partial charge in [0.1, 0.15) is 5.82 Å². The Balaban J connectivity index is 1.42. The fraction of sp³-hybridized carbons (Fsp3) is 0.609. The number of amides is 2. The smallest absolute Gasteiger partial charge is 0.227 e. The summed E-state index contributed by atoms with van der Waals surface area (Å²) in [5.41, 5.74) is 2.21. The van der Waals surface area contributed by atoms with Gasteiger partial charge in [-0.05, 0) is 45.4 Å². The number of carbonyl (C=O) groups is 2. The largest absolute Gasteiger partial charge is 0.339 e. The second-order valence-electron chi connectivity index (χ2n) is 8.89. The topological polar surface area (TPSA) is 61.7 Å². The molecule has 0 spiro atoms. The van der Waals surface area contributed by atoms with E-state index in [1.54, 1.807) is 6.92 Å². The zero-order valence-corrected chi connectivity index (χ0v) is 18.4. The van der Waals surface area contributed by atoms with Crippen molar-refractivity contribution in [3.05, 3.63) is 30.1 Å². The molecule has 7 nitrogen and oxygen atoms in total.